The smallest absolute Gasteiger partial charge is 0.227 e. The van der Waals surface area contributed by atoms with Crippen molar-refractivity contribution in [2.24, 2.45) is 17.6 Å². The third-order valence-electron chi connectivity index (χ3n) is 4.82. The highest BCUT2D eigenvalue weighted by Crippen LogP contribution is 2.34. The van der Waals surface area contributed by atoms with Crippen LogP contribution in [0.2, 0.25) is 0 Å². The molecule has 1 aromatic carbocycles. The summed E-state index contributed by atoms with van der Waals surface area (Å²) in [5.41, 5.74) is 7.30. The Morgan fingerprint density at radius 3 is 2.74 bits per heavy atom. The minimum absolute atomic E-state index is 0. The number of hydrogen-bond acceptors (Lipinski definition) is 3. The summed E-state index contributed by atoms with van der Waals surface area (Å²) in [4.78, 5) is 26.3. The molecule has 0 aromatic heterocycles. The molecule has 0 bridgehead atoms. The molecule has 1 heterocycles. The van der Waals surface area contributed by atoms with Crippen molar-refractivity contribution >= 4 is 35.6 Å². The standard InChI is InChI=1S/C17H23N3O2.ClH/c18-11-12-5-3-6-13(12)17(22)19-14-7-1-2-8-15(14)20-10-4-9-16(20)21;/h1-2,7-8,12-13H,3-6,9-11,18H2,(H,19,22);1H/t12-,13-;/m1./s1. The molecule has 0 radical (unpaired) electrons. The number of hydrogen-bond donors (Lipinski definition) is 2. The summed E-state index contributed by atoms with van der Waals surface area (Å²) < 4.78 is 0. The van der Waals surface area contributed by atoms with E-state index in [4.69, 9.17) is 5.73 Å². The summed E-state index contributed by atoms with van der Waals surface area (Å²) in [5.74, 6) is 0.433. The molecule has 2 aliphatic rings. The van der Waals surface area contributed by atoms with E-state index in [1.54, 1.807) is 4.90 Å². The summed E-state index contributed by atoms with van der Waals surface area (Å²) in [5, 5.41) is 3.03. The largest absolute Gasteiger partial charge is 0.330 e. The lowest BCUT2D eigenvalue weighted by Crippen LogP contribution is -2.31. The average Bonchev–Trinajstić information content (AvgIpc) is 3.16. The summed E-state index contributed by atoms with van der Waals surface area (Å²) in [6.07, 6.45) is 4.45. The minimum Gasteiger partial charge on any atom is -0.330 e. The summed E-state index contributed by atoms with van der Waals surface area (Å²) in [6.45, 7) is 1.28. The fourth-order valence-corrected chi connectivity index (χ4v) is 3.61. The van der Waals surface area contributed by atoms with Crippen LogP contribution in [0.1, 0.15) is 32.1 Å². The second kappa shape index (κ2) is 7.79. The molecule has 1 aliphatic carbocycles. The van der Waals surface area contributed by atoms with Crippen LogP contribution in [-0.2, 0) is 9.59 Å². The highest BCUT2D eigenvalue weighted by molar-refractivity contribution is 6.02. The van der Waals surface area contributed by atoms with Crippen molar-refractivity contribution in [3.63, 3.8) is 0 Å². The van der Waals surface area contributed by atoms with Gasteiger partial charge in [-0.15, -0.1) is 12.4 Å². The number of nitrogens with zero attached hydrogens (tertiary/aromatic N) is 1. The van der Waals surface area contributed by atoms with Gasteiger partial charge in [0.2, 0.25) is 11.8 Å². The average molecular weight is 338 g/mol. The molecular formula is C17H24ClN3O2. The molecule has 126 valence electrons. The Balaban J connectivity index is 0.00000192. The zero-order valence-electron chi connectivity index (χ0n) is 13.2. The van der Waals surface area contributed by atoms with E-state index in [0.717, 1.165) is 43.6 Å². The van der Waals surface area contributed by atoms with E-state index in [2.05, 4.69) is 5.32 Å². The van der Waals surface area contributed by atoms with Crippen molar-refractivity contribution in [3.8, 4) is 0 Å². The van der Waals surface area contributed by atoms with Gasteiger partial charge in [0.1, 0.15) is 0 Å². The van der Waals surface area contributed by atoms with Crippen molar-refractivity contribution in [1.82, 2.24) is 0 Å². The van der Waals surface area contributed by atoms with Gasteiger partial charge < -0.3 is 16.0 Å². The summed E-state index contributed by atoms with van der Waals surface area (Å²) in [6, 6.07) is 7.54. The van der Waals surface area contributed by atoms with Crippen LogP contribution >= 0.6 is 12.4 Å². The molecule has 5 nitrogen and oxygen atoms in total. The second-order valence-corrected chi connectivity index (χ2v) is 6.19. The number of nitrogens with two attached hydrogens (primary N) is 1. The Hall–Kier alpha value is -1.59. The SMILES string of the molecule is Cl.NC[C@H]1CCC[C@H]1C(=O)Nc1ccccc1N1CCCC1=O. The van der Waals surface area contributed by atoms with Crippen LogP contribution in [-0.4, -0.2) is 24.9 Å². The molecular weight excluding hydrogens is 314 g/mol. The predicted octanol–water partition coefficient (Wildman–Crippen LogP) is 2.55. The van der Waals surface area contributed by atoms with Gasteiger partial charge in [0.05, 0.1) is 11.4 Å². The number of benzene rings is 1. The lowest BCUT2D eigenvalue weighted by atomic mass is 9.95. The normalized spacial score (nSPS) is 23.7. The van der Waals surface area contributed by atoms with Gasteiger partial charge in [-0.3, -0.25) is 9.59 Å². The Morgan fingerprint density at radius 2 is 2.04 bits per heavy atom. The van der Waals surface area contributed by atoms with Crippen molar-refractivity contribution in [2.45, 2.75) is 32.1 Å². The van der Waals surface area contributed by atoms with Crippen molar-refractivity contribution in [3.05, 3.63) is 24.3 Å². The maximum atomic E-state index is 12.6. The first-order valence-electron chi connectivity index (χ1n) is 8.11. The van der Waals surface area contributed by atoms with Crippen LogP contribution in [0.5, 0.6) is 0 Å². The number of nitrogens with one attached hydrogen (secondary N) is 1. The number of anilines is 2. The predicted molar refractivity (Wildman–Crippen MR) is 93.8 cm³/mol. The number of para-hydroxylation sites is 2. The minimum atomic E-state index is -0.00710. The van der Waals surface area contributed by atoms with Crippen LogP contribution in [0.3, 0.4) is 0 Å². The van der Waals surface area contributed by atoms with E-state index in [-0.39, 0.29) is 36.1 Å². The van der Waals surface area contributed by atoms with E-state index in [0.29, 0.717) is 13.0 Å². The molecule has 1 saturated heterocycles. The van der Waals surface area contributed by atoms with E-state index >= 15 is 0 Å². The van der Waals surface area contributed by atoms with E-state index in [1.807, 2.05) is 24.3 Å². The second-order valence-electron chi connectivity index (χ2n) is 6.19. The number of halogens is 1. The molecule has 23 heavy (non-hydrogen) atoms. The Bertz CT molecular complexity index is 579. The van der Waals surface area contributed by atoms with Gasteiger partial charge in [0.15, 0.2) is 0 Å². The van der Waals surface area contributed by atoms with Crippen molar-refractivity contribution < 1.29 is 9.59 Å². The molecule has 3 N–H and O–H groups in total. The highest BCUT2D eigenvalue weighted by atomic mass is 35.5. The molecule has 0 spiro atoms. The zero-order valence-corrected chi connectivity index (χ0v) is 14.0. The summed E-state index contributed by atoms with van der Waals surface area (Å²) in [7, 11) is 0. The van der Waals surface area contributed by atoms with Gasteiger partial charge in [0, 0.05) is 18.9 Å². The monoisotopic (exact) mass is 337 g/mol. The third-order valence-corrected chi connectivity index (χ3v) is 4.82. The molecule has 3 rings (SSSR count). The lowest BCUT2D eigenvalue weighted by molar-refractivity contribution is -0.121. The van der Waals surface area contributed by atoms with Gasteiger partial charge in [-0.2, -0.15) is 0 Å². The highest BCUT2D eigenvalue weighted by Gasteiger charge is 2.32. The molecule has 2 atom stereocenters. The first kappa shape index (κ1) is 17.8. The van der Waals surface area contributed by atoms with Crippen LogP contribution < -0.4 is 16.0 Å². The van der Waals surface area contributed by atoms with Crippen LogP contribution in [0, 0.1) is 11.8 Å². The topological polar surface area (TPSA) is 75.4 Å². The molecule has 2 fully saturated rings. The maximum absolute atomic E-state index is 12.6. The fraction of sp³-hybridized carbons (Fsp3) is 0.529. The summed E-state index contributed by atoms with van der Waals surface area (Å²) >= 11 is 0. The van der Waals surface area contributed by atoms with Gasteiger partial charge in [-0.25, -0.2) is 0 Å². The van der Waals surface area contributed by atoms with Gasteiger partial charge in [0.25, 0.3) is 0 Å². The molecule has 1 aliphatic heterocycles. The molecule has 6 heteroatoms. The third kappa shape index (κ3) is 3.67. The fourth-order valence-electron chi connectivity index (χ4n) is 3.61. The first-order valence-corrected chi connectivity index (χ1v) is 8.11. The van der Waals surface area contributed by atoms with Crippen LogP contribution in [0.15, 0.2) is 24.3 Å². The van der Waals surface area contributed by atoms with E-state index < -0.39 is 0 Å². The molecule has 2 amide bonds. The Kier molecular flexibility index (Phi) is 6.02. The van der Waals surface area contributed by atoms with Crippen molar-refractivity contribution in [2.75, 3.05) is 23.3 Å². The first-order chi connectivity index (χ1) is 10.7. The van der Waals surface area contributed by atoms with Gasteiger partial charge in [-0.05, 0) is 43.9 Å². The maximum Gasteiger partial charge on any atom is 0.227 e. The Labute approximate surface area is 143 Å². The number of amides is 2. The molecule has 0 unspecified atom stereocenters. The van der Waals surface area contributed by atoms with E-state index in [1.165, 1.54) is 0 Å². The number of carbonyl (C=O) groups excluding carboxylic acids is 2. The van der Waals surface area contributed by atoms with E-state index in [9.17, 15) is 9.59 Å². The lowest BCUT2D eigenvalue weighted by Gasteiger charge is -2.22. The Morgan fingerprint density at radius 1 is 1.26 bits per heavy atom. The van der Waals surface area contributed by atoms with Gasteiger partial charge in [-0.1, -0.05) is 18.6 Å². The van der Waals surface area contributed by atoms with Crippen LogP contribution in [0.4, 0.5) is 11.4 Å². The number of carbonyl (C=O) groups is 2. The molecule has 1 aromatic rings. The van der Waals surface area contributed by atoms with Crippen LogP contribution in [0.25, 0.3) is 0 Å². The quantitative estimate of drug-likeness (QED) is 0.886. The van der Waals surface area contributed by atoms with Crippen molar-refractivity contribution in [1.29, 1.82) is 0 Å². The number of rotatable bonds is 4. The zero-order chi connectivity index (χ0) is 15.5. The molecule has 1 saturated carbocycles. The van der Waals surface area contributed by atoms with Gasteiger partial charge >= 0.3 is 0 Å².